The van der Waals surface area contributed by atoms with E-state index in [0.29, 0.717) is 12.1 Å². The standard InChI is InChI=1S/C15H21NO4S/c1-11(2)20-14-5-3-13(4-6-14)16-15(17)9-12-7-8-21(18,19)10-12/h3-6,11-12H,7-10H2,1-2H3,(H,16,17)/t12-/m1/s1. The molecule has 0 unspecified atom stereocenters. The fourth-order valence-electron chi connectivity index (χ4n) is 2.40. The van der Waals surface area contributed by atoms with Gasteiger partial charge in [-0.1, -0.05) is 0 Å². The zero-order valence-electron chi connectivity index (χ0n) is 12.3. The summed E-state index contributed by atoms with van der Waals surface area (Å²) in [6.45, 7) is 3.90. The van der Waals surface area contributed by atoms with E-state index in [2.05, 4.69) is 5.32 Å². The molecule has 0 spiro atoms. The highest BCUT2D eigenvalue weighted by Crippen LogP contribution is 2.22. The Kier molecular flexibility index (Phi) is 4.88. The summed E-state index contributed by atoms with van der Waals surface area (Å²) >= 11 is 0. The molecule has 6 heteroatoms. The minimum atomic E-state index is -2.93. The molecule has 1 aromatic carbocycles. The molecule has 0 saturated carbocycles. The number of amides is 1. The van der Waals surface area contributed by atoms with Gasteiger partial charge in [0.05, 0.1) is 17.6 Å². The molecule has 1 fully saturated rings. The van der Waals surface area contributed by atoms with Crippen molar-refractivity contribution in [2.75, 3.05) is 16.8 Å². The van der Waals surface area contributed by atoms with E-state index in [1.54, 1.807) is 24.3 Å². The number of anilines is 1. The quantitative estimate of drug-likeness (QED) is 0.905. The Bertz CT molecular complexity index is 593. The molecular weight excluding hydrogens is 290 g/mol. The van der Waals surface area contributed by atoms with Gasteiger partial charge >= 0.3 is 0 Å². The second kappa shape index (κ2) is 6.47. The Hall–Kier alpha value is -1.56. The van der Waals surface area contributed by atoms with E-state index in [-0.39, 0.29) is 35.9 Å². The first kappa shape index (κ1) is 15.8. The van der Waals surface area contributed by atoms with Gasteiger partial charge < -0.3 is 10.1 Å². The van der Waals surface area contributed by atoms with Crippen molar-refractivity contribution in [2.45, 2.75) is 32.8 Å². The molecule has 0 aliphatic carbocycles. The molecule has 1 N–H and O–H groups in total. The normalized spacial score (nSPS) is 20.4. The third-order valence-electron chi connectivity index (χ3n) is 3.31. The zero-order valence-corrected chi connectivity index (χ0v) is 13.2. The van der Waals surface area contributed by atoms with Crippen LogP contribution in [0.3, 0.4) is 0 Å². The van der Waals surface area contributed by atoms with Crippen LogP contribution in [0.1, 0.15) is 26.7 Å². The topological polar surface area (TPSA) is 72.5 Å². The van der Waals surface area contributed by atoms with Gasteiger partial charge in [-0.3, -0.25) is 4.79 Å². The number of carbonyl (C=O) groups is 1. The fraction of sp³-hybridized carbons (Fsp3) is 0.533. The number of hydrogen-bond donors (Lipinski definition) is 1. The Morgan fingerprint density at radius 3 is 2.52 bits per heavy atom. The largest absolute Gasteiger partial charge is 0.491 e. The van der Waals surface area contributed by atoms with Crippen molar-refractivity contribution < 1.29 is 17.9 Å². The summed E-state index contributed by atoms with van der Waals surface area (Å²) in [5.41, 5.74) is 0.692. The molecule has 1 aromatic rings. The van der Waals surface area contributed by atoms with Crippen molar-refractivity contribution in [2.24, 2.45) is 5.92 Å². The van der Waals surface area contributed by atoms with E-state index in [9.17, 15) is 13.2 Å². The lowest BCUT2D eigenvalue weighted by Crippen LogP contribution is -2.17. The van der Waals surface area contributed by atoms with Crippen LogP contribution in [0.25, 0.3) is 0 Å². The first-order chi connectivity index (χ1) is 9.84. The molecular formula is C15H21NO4S. The summed E-state index contributed by atoms with van der Waals surface area (Å²) < 4.78 is 28.2. The fourth-order valence-corrected chi connectivity index (χ4v) is 4.26. The molecule has 21 heavy (non-hydrogen) atoms. The molecule has 1 atom stereocenters. The Morgan fingerprint density at radius 1 is 1.33 bits per heavy atom. The predicted molar refractivity (Wildman–Crippen MR) is 82.2 cm³/mol. The summed E-state index contributed by atoms with van der Waals surface area (Å²) in [5, 5.41) is 2.79. The van der Waals surface area contributed by atoms with Gasteiger partial charge in [-0.2, -0.15) is 0 Å². The third kappa shape index (κ3) is 5.04. The highest BCUT2D eigenvalue weighted by molar-refractivity contribution is 7.91. The zero-order chi connectivity index (χ0) is 15.5. The minimum absolute atomic E-state index is 0.0569. The van der Waals surface area contributed by atoms with Crippen LogP contribution in [0, 0.1) is 5.92 Å². The van der Waals surface area contributed by atoms with Crippen LogP contribution in [0.2, 0.25) is 0 Å². The maximum atomic E-state index is 11.9. The summed E-state index contributed by atoms with van der Waals surface area (Å²) in [7, 11) is -2.93. The summed E-state index contributed by atoms with van der Waals surface area (Å²) in [6.07, 6.45) is 0.940. The predicted octanol–water partition coefficient (Wildman–Crippen LogP) is 2.24. The van der Waals surface area contributed by atoms with Crippen LogP contribution in [-0.2, 0) is 14.6 Å². The Balaban J connectivity index is 1.85. The molecule has 0 radical (unpaired) electrons. The van der Waals surface area contributed by atoms with Gasteiger partial charge in [0, 0.05) is 12.1 Å². The molecule has 1 aliphatic heterocycles. The molecule has 5 nitrogen and oxygen atoms in total. The van der Waals surface area contributed by atoms with Crippen LogP contribution < -0.4 is 10.1 Å². The monoisotopic (exact) mass is 311 g/mol. The number of sulfone groups is 1. The van der Waals surface area contributed by atoms with Crippen molar-refractivity contribution in [3.63, 3.8) is 0 Å². The molecule has 116 valence electrons. The van der Waals surface area contributed by atoms with Crippen LogP contribution in [-0.4, -0.2) is 31.9 Å². The van der Waals surface area contributed by atoms with E-state index in [1.165, 1.54) is 0 Å². The number of ether oxygens (including phenoxy) is 1. The van der Waals surface area contributed by atoms with E-state index in [1.807, 2.05) is 13.8 Å². The summed E-state index contributed by atoms with van der Waals surface area (Å²) in [6, 6.07) is 7.16. The highest BCUT2D eigenvalue weighted by Gasteiger charge is 2.29. The molecule has 2 rings (SSSR count). The average Bonchev–Trinajstić information content (AvgIpc) is 2.70. The van der Waals surface area contributed by atoms with Gasteiger partial charge in [0.1, 0.15) is 5.75 Å². The number of hydrogen-bond acceptors (Lipinski definition) is 4. The van der Waals surface area contributed by atoms with Crippen molar-refractivity contribution >= 4 is 21.4 Å². The second-order valence-electron chi connectivity index (χ2n) is 5.71. The number of nitrogens with one attached hydrogen (secondary N) is 1. The van der Waals surface area contributed by atoms with E-state index in [0.717, 1.165) is 5.75 Å². The first-order valence-electron chi connectivity index (χ1n) is 7.11. The second-order valence-corrected chi connectivity index (χ2v) is 7.94. The van der Waals surface area contributed by atoms with Gasteiger partial charge in [-0.05, 0) is 50.5 Å². The van der Waals surface area contributed by atoms with Crippen molar-refractivity contribution in [3.05, 3.63) is 24.3 Å². The molecule has 0 aromatic heterocycles. The number of carbonyl (C=O) groups excluding carboxylic acids is 1. The van der Waals surface area contributed by atoms with E-state index < -0.39 is 9.84 Å². The SMILES string of the molecule is CC(C)Oc1ccc(NC(=O)C[C@H]2CCS(=O)(=O)C2)cc1. The van der Waals surface area contributed by atoms with Crippen molar-refractivity contribution in [3.8, 4) is 5.75 Å². The Morgan fingerprint density at radius 2 is 2.00 bits per heavy atom. The smallest absolute Gasteiger partial charge is 0.224 e. The van der Waals surface area contributed by atoms with Gasteiger partial charge in [-0.15, -0.1) is 0 Å². The molecule has 1 aliphatic rings. The molecule has 0 bridgehead atoms. The van der Waals surface area contributed by atoms with Gasteiger partial charge in [0.25, 0.3) is 0 Å². The summed E-state index contributed by atoms with van der Waals surface area (Å²) in [4.78, 5) is 11.9. The van der Waals surface area contributed by atoms with Crippen LogP contribution >= 0.6 is 0 Å². The van der Waals surface area contributed by atoms with Gasteiger partial charge in [-0.25, -0.2) is 8.42 Å². The van der Waals surface area contributed by atoms with Crippen LogP contribution in [0.15, 0.2) is 24.3 Å². The molecule has 1 heterocycles. The van der Waals surface area contributed by atoms with Crippen molar-refractivity contribution in [1.29, 1.82) is 0 Å². The lowest BCUT2D eigenvalue weighted by Gasteiger charge is -2.11. The Labute approximate surface area is 125 Å². The number of benzene rings is 1. The third-order valence-corrected chi connectivity index (χ3v) is 5.15. The maximum absolute atomic E-state index is 11.9. The minimum Gasteiger partial charge on any atom is -0.491 e. The van der Waals surface area contributed by atoms with Gasteiger partial charge in [0.2, 0.25) is 5.91 Å². The highest BCUT2D eigenvalue weighted by atomic mass is 32.2. The van der Waals surface area contributed by atoms with Crippen LogP contribution in [0.5, 0.6) is 5.75 Å². The maximum Gasteiger partial charge on any atom is 0.224 e. The number of rotatable bonds is 5. The lowest BCUT2D eigenvalue weighted by atomic mass is 10.1. The average molecular weight is 311 g/mol. The lowest BCUT2D eigenvalue weighted by molar-refractivity contribution is -0.116. The van der Waals surface area contributed by atoms with Crippen LogP contribution in [0.4, 0.5) is 5.69 Å². The van der Waals surface area contributed by atoms with E-state index in [4.69, 9.17) is 4.74 Å². The van der Waals surface area contributed by atoms with Crippen molar-refractivity contribution in [1.82, 2.24) is 0 Å². The molecule has 1 amide bonds. The van der Waals surface area contributed by atoms with E-state index >= 15 is 0 Å². The molecule has 1 saturated heterocycles. The first-order valence-corrected chi connectivity index (χ1v) is 8.93. The summed E-state index contributed by atoms with van der Waals surface area (Å²) in [5.74, 6) is 0.881. The van der Waals surface area contributed by atoms with Gasteiger partial charge in [0.15, 0.2) is 9.84 Å².